The second kappa shape index (κ2) is 7.11. The lowest BCUT2D eigenvalue weighted by Gasteiger charge is -2.24. The first-order valence-corrected chi connectivity index (χ1v) is 8.06. The van der Waals surface area contributed by atoms with E-state index in [4.69, 9.17) is 21.1 Å². The van der Waals surface area contributed by atoms with Crippen molar-refractivity contribution in [2.75, 3.05) is 19.2 Å². The molecule has 3 rings (SSSR count). The van der Waals surface area contributed by atoms with Gasteiger partial charge in [-0.3, -0.25) is 9.69 Å². The second-order valence-corrected chi connectivity index (χ2v) is 6.21. The van der Waals surface area contributed by atoms with Gasteiger partial charge < -0.3 is 14.8 Å². The highest BCUT2D eigenvalue weighted by molar-refractivity contribution is 6.30. The number of nitrogens with one attached hydrogen (secondary N) is 1. The fourth-order valence-corrected chi connectivity index (χ4v) is 2.57. The van der Waals surface area contributed by atoms with E-state index in [-0.39, 0.29) is 18.7 Å². The fraction of sp³-hybridized carbons (Fsp3) is 0.278. The zero-order valence-electron chi connectivity index (χ0n) is 13.6. The van der Waals surface area contributed by atoms with Crippen molar-refractivity contribution < 1.29 is 14.3 Å². The van der Waals surface area contributed by atoms with Crippen LogP contribution in [0, 0.1) is 0 Å². The van der Waals surface area contributed by atoms with Crippen LogP contribution < -0.4 is 14.8 Å². The van der Waals surface area contributed by atoms with Crippen LogP contribution in [0.4, 0.5) is 5.69 Å². The number of benzene rings is 2. The second-order valence-electron chi connectivity index (χ2n) is 5.77. The van der Waals surface area contributed by atoms with Gasteiger partial charge in [-0.25, -0.2) is 0 Å². The zero-order valence-corrected chi connectivity index (χ0v) is 14.3. The van der Waals surface area contributed by atoms with Crippen LogP contribution in [0.1, 0.15) is 12.5 Å². The molecule has 6 heteroatoms. The van der Waals surface area contributed by atoms with E-state index < -0.39 is 0 Å². The summed E-state index contributed by atoms with van der Waals surface area (Å²) in [6.07, 6.45) is 0. The van der Waals surface area contributed by atoms with Crippen LogP contribution in [-0.2, 0) is 11.3 Å². The standard InChI is InChI=1S/C18H19ClN2O3/c1-12(18(22)20-15-6-4-14(19)5-7-15)21(2)10-13-3-8-16-17(9-13)24-11-23-16/h3-9,12H,10-11H2,1-2H3,(H,20,22)/t12-/m0/s1. The number of fused-ring (bicyclic) bond motifs is 1. The third-order valence-corrected chi connectivity index (χ3v) is 4.27. The Kier molecular flexibility index (Phi) is 4.92. The highest BCUT2D eigenvalue weighted by atomic mass is 35.5. The van der Waals surface area contributed by atoms with Crippen molar-refractivity contribution in [3.05, 3.63) is 53.1 Å². The molecule has 0 aliphatic carbocycles. The number of rotatable bonds is 5. The molecule has 1 amide bonds. The van der Waals surface area contributed by atoms with Crippen LogP contribution in [0.15, 0.2) is 42.5 Å². The monoisotopic (exact) mass is 346 g/mol. The maximum Gasteiger partial charge on any atom is 0.241 e. The smallest absolute Gasteiger partial charge is 0.241 e. The van der Waals surface area contributed by atoms with Gasteiger partial charge in [-0.2, -0.15) is 0 Å². The Morgan fingerprint density at radius 1 is 1.21 bits per heavy atom. The van der Waals surface area contributed by atoms with Crippen LogP contribution in [0.5, 0.6) is 11.5 Å². The fourth-order valence-electron chi connectivity index (χ4n) is 2.44. The van der Waals surface area contributed by atoms with Gasteiger partial charge in [-0.15, -0.1) is 0 Å². The molecule has 24 heavy (non-hydrogen) atoms. The van der Waals surface area contributed by atoms with Gasteiger partial charge in [0.2, 0.25) is 12.7 Å². The SMILES string of the molecule is C[C@@H](C(=O)Nc1ccc(Cl)cc1)N(C)Cc1ccc2c(c1)OCO2. The van der Waals surface area contributed by atoms with Crippen molar-refractivity contribution in [1.29, 1.82) is 0 Å². The number of carbonyl (C=O) groups excluding carboxylic acids is 1. The Balaban J connectivity index is 1.60. The van der Waals surface area contributed by atoms with E-state index >= 15 is 0 Å². The minimum absolute atomic E-state index is 0.0689. The lowest BCUT2D eigenvalue weighted by Crippen LogP contribution is -2.39. The minimum Gasteiger partial charge on any atom is -0.454 e. The molecule has 0 bridgehead atoms. The van der Waals surface area contributed by atoms with E-state index in [0.717, 1.165) is 22.7 Å². The summed E-state index contributed by atoms with van der Waals surface area (Å²) < 4.78 is 10.7. The van der Waals surface area contributed by atoms with Gasteiger partial charge in [-0.1, -0.05) is 17.7 Å². The molecule has 0 spiro atoms. The molecular formula is C18H19ClN2O3. The molecule has 0 unspecified atom stereocenters. The number of likely N-dealkylation sites (N-methyl/N-ethyl adjacent to an activating group) is 1. The number of carbonyl (C=O) groups is 1. The molecule has 2 aromatic carbocycles. The van der Waals surface area contributed by atoms with Gasteiger partial charge in [0, 0.05) is 17.3 Å². The van der Waals surface area contributed by atoms with Gasteiger partial charge in [0.05, 0.1) is 6.04 Å². The first kappa shape index (κ1) is 16.6. The number of nitrogens with zero attached hydrogens (tertiary/aromatic N) is 1. The minimum atomic E-state index is -0.286. The summed E-state index contributed by atoms with van der Waals surface area (Å²) in [5.41, 5.74) is 1.79. The van der Waals surface area contributed by atoms with Gasteiger partial charge in [0.25, 0.3) is 0 Å². The predicted octanol–water partition coefficient (Wildman–Crippen LogP) is 3.53. The normalized spacial score (nSPS) is 13.8. The number of ether oxygens (including phenoxy) is 2. The molecule has 0 radical (unpaired) electrons. The van der Waals surface area contributed by atoms with E-state index in [0.29, 0.717) is 11.6 Å². The predicted molar refractivity (Wildman–Crippen MR) is 93.6 cm³/mol. The van der Waals surface area contributed by atoms with Crippen molar-refractivity contribution in [3.63, 3.8) is 0 Å². The molecule has 1 heterocycles. The molecule has 0 saturated carbocycles. The van der Waals surface area contributed by atoms with Crippen LogP contribution in [0.2, 0.25) is 5.02 Å². The Morgan fingerprint density at radius 3 is 2.67 bits per heavy atom. The Hall–Kier alpha value is -2.24. The molecule has 0 fully saturated rings. The maximum atomic E-state index is 12.4. The number of amides is 1. The van der Waals surface area contributed by atoms with Crippen LogP contribution in [0.3, 0.4) is 0 Å². The van der Waals surface area contributed by atoms with E-state index in [1.165, 1.54) is 0 Å². The Morgan fingerprint density at radius 2 is 1.92 bits per heavy atom. The van der Waals surface area contributed by atoms with Gasteiger partial charge in [0.1, 0.15) is 0 Å². The average Bonchev–Trinajstić information content (AvgIpc) is 3.03. The van der Waals surface area contributed by atoms with Crippen molar-refractivity contribution in [2.45, 2.75) is 19.5 Å². The van der Waals surface area contributed by atoms with Gasteiger partial charge >= 0.3 is 0 Å². The van der Waals surface area contributed by atoms with Crippen molar-refractivity contribution in [1.82, 2.24) is 4.90 Å². The summed E-state index contributed by atoms with van der Waals surface area (Å²) in [6.45, 7) is 2.76. The third kappa shape index (κ3) is 3.80. The van der Waals surface area contributed by atoms with Crippen molar-refractivity contribution in [2.24, 2.45) is 0 Å². The van der Waals surface area contributed by atoms with E-state index in [1.807, 2.05) is 37.1 Å². The topological polar surface area (TPSA) is 50.8 Å². The molecule has 1 N–H and O–H groups in total. The van der Waals surface area contributed by atoms with E-state index in [2.05, 4.69) is 5.32 Å². The van der Waals surface area contributed by atoms with Gasteiger partial charge in [-0.05, 0) is 55.9 Å². The van der Waals surface area contributed by atoms with Crippen LogP contribution >= 0.6 is 11.6 Å². The average molecular weight is 347 g/mol. The molecule has 5 nitrogen and oxygen atoms in total. The molecule has 1 aliphatic rings. The van der Waals surface area contributed by atoms with Crippen LogP contribution in [-0.4, -0.2) is 30.7 Å². The molecule has 0 aromatic heterocycles. The first-order valence-electron chi connectivity index (χ1n) is 7.68. The van der Waals surface area contributed by atoms with Gasteiger partial charge in [0.15, 0.2) is 11.5 Å². The largest absolute Gasteiger partial charge is 0.454 e. The maximum absolute atomic E-state index is 12.4. The molecule has 126 valence electrons. The summed E-state index contributed by atoms with van der Waals surface area (Å²) in [6, 6.07) is 12.6. The summed E-state index contributed by atoms with van der Waals surface area (Å²) in [5, 5.41) is 3.53. The third-order valence-electron chi connectivity index (χ3n) is 4.02. The number of hydrogen-bond donors (Lipinski definition) is 1. The van der Waals surface area contributed by atoms with Crippen molar-refractivity contribution >= 4 is 23.2 Å². The lowest BCUT2D eigenvalue weighted by molar-refractivity contribution is -0.120. The summed E-state index contributed by atoms with van der Waals surface area (Å²) in [4.78, 5) is 14.4. The highest BCUT2D eigenvalue weighted by Crippen LogP contribution is 2.32. The molecule has 1 aliphatic heterocycles. The summed E-state index contributed by atoms with van der Waals surface area (Å²) >= 11 is 5.85. The molecule has 0 saturated heterocycles. The Labute approximate surface area is 146 Å². The highest BCUT2D eigenvalue weighted by Gasteiger charge is 2.20. The summed E-state index contributed by atoms with van der Waals surface area (Å²) in [7, 11) is 1.91. The lowest BCUT2D eigenvalue weighted by atomic mass is 10.1. The molecule has 2 aromatic rings. The molecular weight excluding hydrogens is 328 g/mol. The van der Waals surface area contributed by atoms with Crippen LogP contribution in [0.25, 0.3) is 0 Å². The summed E-state index contributed by atoms with van der Waals surface area (Å²) in [5.74, 6) is 1.44. The number of anilines is 1. The quantitative estimate of drug-likeness (QED) is 0.899. The van der Waals surface area contributed by atoms with Crippen molar-refractivity contribution in [3.8, 4) is 11.5 Å². The number of hydrogen-bond acceptors (Lipinski definition) is 4. The number of halogens is 1. The Bertz CT molecular complexity index is 734. The van der Waals surface area contributed by atoms with E-state index in [9.17, 15) is 4.79 Å². The van der Waals surface area contributed by atoms with E-state index in [1.54, 1.807) is 24.3 Å². The molecule has 1 atom stereocenters. The first-order chi connectivity index (χ1) is 11.5. The zero-order chi connectivity index (χ0) is 17.1.